The van der Waals surface area contributed by atoms with Crippen LogP contribution >= 0.6 is 27.5 Å². The molecule has 19 heavy (non-hydrogen) atoms. The maximum Gasteiger partial charge on any atom is 0.308 e. The van der Waals surface area contributed by atoms with Gasteiger partial charge in [0.05, 0.1) is 19.1 Å². The van der Waals surface area contributed by atoms with Crippen LogP contribution < -0.4 is 5.32 Å². The van der Waals surface area contributed by atoms with Crippen molar-refractivity contribution < 1.29 is 14.3 Å². The number of amides is 1. The number of carbonyl (C=O) groups is 2. The van der Waals surface area contributed by atoms with Crippen LogP contribution in [0.1, 0.15) is 24.9 Å². The lowest BCUT2D eigenvalue weighted by atomic mass is 10.0. The monoisotopic (exact) mass is 347 g/mol. The minimum Gasteiger partial charge on any atom is -0.466 e. The number of rotatable bonds is 6. The van der Waals surface area contributed by atoms with Gasteiger partial charge in [0.2, 0.25) is 5.91 Å². The minimum atomic E-state index is -0.432. The van der Waals surface area contributed by atoms with Gasteiger partial charge in [0.1, 0.15) is 5.88 Å². The Morgan fingerprint density at radius 2 is 2.00 bits per heavy atom. The zero-order chi connectivity index (χ0) is 14.3. The summed E-state index contributed by atoms with van der Waals surface area (Å²) < 4.78 is 5.83. The van der Waals surface area contributed by atoms with E-state index in [4.69, 9.17) is 16.3 Å². The lowest BCUT2D eigenvalue weighted by Gasteiger charge is -2.18. The first-order chi connectivity index (χ1) is 9.06. The molecule has 1 aromatic carbocycles. The fraction of sp³-hybridized carbons (Fsp3) is 0.385. The maximum absolute atomic E-state index is 11.5. The SMILES string of the molecule is CCOC(=O)C[C@H](NC(=O)CCl)c1ccc(Br)cc1. The number of esters is 1. The van der Waals surface area contributed by atoms with Crippen molar-refractivity contribution in [3.63, 3.8) is 0 Å². The Balaban J connectivity index is 2.82. The Bertz CT molecular complexity index is 436. The summed E-state index contributed by atoms with van der Waals surface area (Å²) in [4.78, 5) is 22.9. The molecule has 1 rings (SSSR count). The zero-order valence-electron chi connectivity index (χ0n) is 10.5. The van der Waals surface area contributed by atoms with Crippen molar-refractivity contribution in [2.45, 2.75) is 19.4 Å². The summed E-state index contributed by atoms with van der Waals surface area (Å²) in [7, 11) is 0. The van der Waals surface area contributed by atoms with E-state index in [0.717, 1.165) is 10.0 Å². The van der Waals surface area contributed by atoms with Gasteiger partial charge in [-0.05, 0) is 24.6 Å². The van der Waals surface area contributed by atoms with E-state index >= 15 is 0 Å². The number of nitrogens with one attached hydrogen (secondary N) is 1. The molecular formula is C13H15BrClNO3. The summed E-state index contributed by atoms with van der Waals surface area (Å²) in [5.74, 6) is -0.820. The summed E-state index contributed by atoms with van der Waals surface area (Å²) in [6, 6.07) is 6.93. The summed E-state index contributed by atoms with van der Waals surface area (Å²) in [6.45, 7) is 2.05. The van der Waals surface area contributed by atoms with Crippen molar-refractivity contribution in [2.24, 2.45) is 0 Å². The standard InChI is InChI=1S/C13H15BrClNO3/c1-2-19-13(18)7-11(16-12(17)8-15)9-3-5-10(14)6-4-9/h3-6,11H,2,7-8H2,1H3,(H,16,17)/t11-/m0/s1. The third kappa shape index (κ3) is 5.61. The third-order valence-electron chi connectivity index (χ3n) is 2.41. The summed E-state index contributed by atoms with van der Waals surface area (Å²) in [5.41, 5.74) is 0.828. The first kappa shape index (κ1) is 16.0. The highest BCUT2D eigenvalue weighted by molar-refractivity contribution is 9.10. The van der Waals surface area contributed by atoms with E-state index in [-0.39, 0.29) is 24.2 Å². The minimum absolute atomic E-state index is 0.0814. The lowest BCUT2D eigenvalue weighted by molar-refractivity contribution is -0.143. The molecule has 0 aliphatic carbocycles. The molecule has 0 aliphatic heterocycles. The van der Waals surface area contributed by atoms with Crippen molar-refractivity contribution in [2.75, 3.05) is 12.5 Å². The predicted molar refractivity (Wildman–Crippen MR) is 77.0 cm³/mol. The van der Waals surface area contributed by atoms with Gasteiger partial charge in [-0.3, -0.25) is 9.59 Å². The van der Waals surface area contributed by atoms with E-state index in [0.29, 0.717) is 6.61 Å². The van der Waals surface area contributed by atoms with Crippen molar-refractivity contribution in [1.82, 2.24) is 5.32 Å². The van der Waals surface area contributed by atoms with Gasteiger partial charge in [0.25, 0.3) is 0 Å². The van der Waals surface area contributed by atoms with Gasteiger partial charge in [-0.15, -0.1) is 11.6 Å². The van der Waals surface area contributed by atoms with E-state index in [1.54, 1.807) is 6.92 Å². The fourth-order valence-electron chi connectivity index (χ4n) is 1.57. The fourth-order valence-corrected chi connectivity index (χ4v) is 1.91. The number of hydrogen-bond acceptors (Lipinski definition) is 3. The highest BCUT2D eigenvalue weighted by Crippen LogP contribution is 2.20. The van der Waals surface area contributed by atoms with E-state index in [2.05, 4.69) is 21.2 Å². The quantitative estimate of drug-likeness (QED) is 0.635. The summed E-state index contributed by atoms with van der Waals surface area (Å²) in [6.07, 6.45) is 0.0814. The first-order valence-electron chi connectivity index (χ1n) is 5.83. The second-order valence-corrected chi connectivity index (χ2v) is 5.00. The molecule has 0 unspecified atom stereocenters. The molecule has 4 nitrogen and oxygen atoms in total. The van der Waals surface area contributed by atoms with Gasteiger partial charge in [0.15, 0.2) is 0 Å². The van der Waals surface area contributed by atoms with Crippen LogP contribution in [0, 0.1) is 0 Å². The average molecular weight is 349 g/mol. The Morgan fingerprint density at radius 3 is 2.53 bits per heavy atom. The number of carbonyl (C=O) groups excluding carboxylic acids is 2. The van der Waals surface area contributed by atoms with Crippen molar-refractivity contribution in [3.8, 4) is 0 Å². The lowest BCUT2D eigenvalue weighted by Crippen LogP contribution is -2.31. The smallest absolute Gasteiger partial charge is 0.308 e. The van der Waals surface area contributed by atoms with E-state index < -0.39 is 6.04 Å². The number of alkyl halides is 1. The molecule has 0 aliphatic rings. The molecule has 0 spiro atoms. The van der Waals surface area contributed by atoms with Gasteiger partial charge in [0, 0.05) is 4.47 Å². The van der Waals surface area contributed by atoms with Crippen LogP contribution in [0.5, 0.6) is 0 Å². The highest BCUT2D eigenvalue weighted by atomic mass is 79.9. The van der Waals surface area contributed by atoms with E-state index in [1.807, 2.05) is 24.3 Å². The second kappa shape index (κ2) is 8.17. The van der Waals surface area contributed by atoms with Gasteiger partial charge in [-0.25, -0.2) is 0 Å². The predicted octanol–water partition coefficient (Wildman–Crippen LogP) is 2.80. The summed E-state index contributed by atoms with van der Waals surface area (Å²) >= 11 is 8.81. The molecule has 0 radical (unpaired) electrons. The highest BCUT2D eigenvalue weighted by Gasteiger charge is 2.18. The van der Waals surface area contributed by atoms with Crippen LogP contribution in [-0.4, -0.2) is 24.4 Å². The van der Waals surface area contributed by atoms with Crippen LogP contribution in [0.3, 0.4) is 0 Å². The van der Waals surface area contributed by atoms with Gasteiger partial charge < -0.3 is 10.1 Å². The molecule has 0 bridgehead atoms. The van der Waals surface area contributed by atoms with Gasteiger partial charge in [-0.2, -0.15) is 0 Å². The Labute approximate surface area is 125 Å². The molecule has 0 fully saturated rings. The summed E-state index contributed by atoms with van der Waals surface area (Å²) in [5, 5.41) is 2.70. The number of benzene rings is 1. The molecule has 0 heterocycles. The molecule has 0 saturated carbocycles. The number of hydrogen-bond donors (Lipinski definition) is 1. The van der Waals surface area contributed by atoms with Crippen LogP contribution in [0.25, 0.3) is 0 Å². The van der Waals surface area contributed by atoms with Crippen LogP contribution in [0.15, 0.2) is 28.7 Å². The molecular weight excluding hydrogens is 334 g/mol. The molecule has 1 aromatic rings. The van der Waals surface area contributed by atoms with Crippen molar-refractivity contribution in [1.29, 1.82) is 0 Å². The van der Waals surface area contributed by atoms with Crippen molar-refractivity contribution in [3.05, 3.63) is 34.3 Å². The van der Waals surface area contributed by atoms with Gasteiger partial charge in [-0.1, -0.05) is 28.1 Å². The first-order valence-corrected chi connectivity index (χ1v) is 7.16. The number of ether oxygens (including phenoxy) is 1. The molecule has 0 saturated heterocycles. The molecule has 0 aromatic heterocycles. The van der Waals surface area contributed by atoms with E-state index in [1.165, 1.54) is 0 Å². The van der Waals surface area contributed by atoms with Crippen LogP contribution in [0.4, 0.5) is 0 Å². The Hall–Kier alpha value is -1.07. The van der Waals surface area contributed by atoms with Crippen LogP contribution in [0.2, 0.25) is 0 Å². The Kier molecular flexibility index (Phi) is 6.87. The molecule has 6 heteroatoms. The Morgan fingerprint density at radius 1 is 1.37 bits per heavy atom. The molecule has 1 atom stereocenters. The second-order valence-electron chi connectivity index (χ2n) is 3.81. The zero-order valence-corrected chi connectivity index (χ0v) is 12.8. The number of halogens is 2. The maximum atomic E-state index is 11.5. The largest absolute Gasteiger partial charge is 0.466 e. The van der Waals surface area contributed by atoms with Gasteiger partial charge >= 0.3 is 5.97 Å². The van der Waals surface area contributed by atoms with Crippen LogP contribution in [-0.2, 0) is 14.3 Å². The average Bonchev–Trinajstić information content (AvgIpc) is 2.39. The van der Waals surface area contributed by atoms with E-state index in [9.17, 15) is 9.59 Å². The third-order valence-corrected chi connectivity index (χ3v) is 3.18. The molecule has 104 valence electrons. The molecule has 1 N–H and O–H groups in total. The van der Waals surface area contributed by atoms with Crippen molar-refractivity contribution >= 4 is 39.4 Å². The normalized spacial score (nSPS) is 11.7. The topological polar surface area (TPSA) is 55.4 Å². The molecule has 1 amide bonds.